The molecule has 1 fully saturated rings. The maximum absolute atomic E-state index is 13.7. The molecule has 1 saturated heterocycles. The van der Waals surface area contributed by atoms with Crippen molar-refractivity contribution >= 4 is 66.4 Å². The minimum atomic E-state index is -4.02. The molecule has 0 aliphatic carbocycles. The Bertz CT molecular complexity index is 1680. The molecule has 14 nitrogen and oxygen atoms in total. The fourth-order valence-corrected chi connectivity index (χ4v) is 9.12. The number of likely N-dealkylation sites (N-methyl/N-ethyl adjacent to an activating group) is 1. The number of nitrogens with one attached hydrogen (secondary N) is 1. The first-order valence-electron chi connectivity index (χ1n) is 12.9. The summed E-state index contributed by atoms with van der Waals surface area (Å²) in [5.74, 6) is -2.33. The number of hydrogen-bond acceptors (Lipinski definition) is 11. The van der Waals surface area contributed by atoms with Crippen LogP contribution < -0.4 is 11.1 Å². The van der Waals surface area contributed by atoms with E-state index in [0.717, 1.165) is 34.9 Å². The molecule has 2 aromatic heterocycles. The molecular weight excluding hydrogens is 607 g/mol. The van der Waals surface area contributed by atoms with Crippen LogP contribution in [0, 0.1) is 0 Å². The van der Waals surface area contributed by atoms with Crippen LogP contribution in [0.4, 0.5) is 0 Å². The number of aromatic nitrogens is 1. The number of piperazine rings is 1. The zero-order valence-electron chi connectivity index (χ0n) is 22.5. The number of carboxylic acid groups (broad SMARTS) is 1. The number of fused-ring (bicyclic) bond motifs is 2. The highest BCUT2D eigenvalue weighted by Gasteiger charge is 2.39. The van der Waals surface area contributed by atoms with Crippen LogP contribution in [0.2, 0.25) is 0 Å². The smallest absolute Gasteiger partial charge is 0.322 e. The van der Waals surface area contributed by atoms with E-state index in [1.54, 1.807) is 18.2 Å². The summed E-state index contributed by atoms with van der Waals surface area (Å²) >= 11 is 2.36. The van der Waals surface area contributed by atoms with Crippen LogP contribution in [0.3, 0.4) is 0 Å². The summed E-state index contributed by atoms with van der Waals surface area (Å²) in [7, 11) is -2.03. The first-order chi connectivity index (χ1) is 20.0. The number of benzene rings is 1. The Labute approximate surface area is 249 Å². The van der Waals surface area contributed by atoms with Crippen molar-refractivity contribution in [3.05, 3.63) is 45.4 Å². The average molecular weight is 636 g/mol. The predicted molar refractivity (Wildman–Crippen MR) is 155 cm³/mol. The number of hydrogen-bond donors (Lipinski definition) is 4. The van der Waals surface area contributed by atoms with E-state index in [4.69, 9.17) is 16.0 Å². The summed E-state index contributed by atoms with van der Waals surface area (Å²) < 4.78 is 29.5. The number of thiazole rings is 1. The molecule has 1 atom stereocenters. The van der Waals surface area contributed by atoms with Crippen molar-refractivity contribution < 1.29 is 33.1 Å². The van der Waals surface area contributed by atoms with Crippen LogP contribution in [0.25, 0.3) is 10.1 Å². The molecule has 0 radical (unpaired) electrons. The summed E-state index contributed by atoms with van der Waals surface area (Å²) in [6.45, 7) is 0.782. The summed E-state index contributed by atoms with van der Waals surface area (Å²) in [4.78, 5) is 46.4. The summed E-state index contributed by atoms with van der Waals surface area (Å²) in [5, 5.41) is 24.1. The molecule has 5 rings (SSSR count). The lowest BCUT2D eigenvalue weighted by atomic mass is 10.1. The van der Waals surface area contributed by atoms with E-state index >= 15 is 0 Å². The van der Waals surface area contributed by atoms with E-state index in [1.165, 1.54) is 26.6 Å². The van der Waals surface area contributed by atoms with Gasteiger partial charge in [0.1, 0.15) is 10.8 Å². The topological polar surface area (TPSA) is 199 Å². The van der Waals surface area contributed by atoms with Crippen molar-refractivity contribution in [1.82, 2.24) is 24.4 Å². The first kappa shape index (κ1) is 29.8. The van der Waals surface area contributed by atoms with Gasteiger partial charge in [-0.2, -0.15) is 4.31 Å². The molecule has 2 aliphatic rings. The Morgan fingerprint density at radius 2 is 1.98 bits per heavy atom. The van der Waals surface area contributed by atoms with E-state index in [0.29, 0.717) is 22.2 Å². The van der Waals surface area contributed by atoms with Gasteiger partial charge in [-0.15, -0.1) is 22.7 Å². The Balaban J connectivity index is 1.40. The SMILES string of the molecule is CN1CCc2nc(C(=O)N3CCN(S(=O)(=O)c4cc5cc(C(N)=NO)ccc5s4)CC3CC(=O)NCC(=O)O)sc2C1. The van der Waals surface area contributed by atoms with Crippen molar-refractivity contribution in [3.63, 3.8) is 0 Å². The lowest BCUT2D eigenvalue weighted by Gasteiger charge is -2.40. The molecule has 42 heavy (non-hydrogen) atoms. The largest absolute Gasteiger partial charge is 0.480 e. The fourth-order valence-electron chi connectivity index (χ4n) is 4.98. The van der Waals surface area contributed by atoms with Gasteiger partial charge in [0.25, 0.3) is 15.9 Å². The second-order valence-corrected chi connectivity index (χ2v) is 14.4. The number of oxime groups is 1. The minimum absolute atomic E-state index is 0.00123. The third-order valence-corrected chi connectivity index (χ3v) is 11.7. The third-order valence-electron chi connectivity index (χ3n) is 7.16. The summed E-state index contributed by atoms with van der Waals surface area (Å²) in [5.41, 5.74) is 6.98. The molecule has 1 unspecified atom stereocenters. The Kier molecular flexibility index (Phi) is 8.47. The van der Waals surface area contributed by atoms with Gasteiger partial charge < -0.3 is 31.2 Å². The first-order valence-corrected chi connectivity index (χ1v) is 16.0. The zero-order valence-corrected chi connectivity index (χ0v) is 25.0. The van der Waals surface area contributed by atoms with Gasteiger partial charge in [0.2, 0.25) is 5.91 Å². The lowest BCUT2D eigenvalue weighted by molar-refractivity contribution is -0.138. The Morgan fingerprint density at radius 1 is 1.19 bits per heavy atom. The van der Waals surface area contributed by atoms with Crippen LogP contribution in [-0.2, 0) is 32.6 Å². The van der Waals surface area contributed by atoms with E-state index in [-0.39, 0.29) is 47.0 Å². The molecule has 17 heteroatoms. The van der Waals surface area contributed by atoms with Gasteiger partial charge in [-0.3, -0.25) is 14.4 Å². The number of carboxylic acids is 1. The predicted octanol–water partition coefficient (Wildman–Crippen LogP) is 0.546. The number of amides is 2. The van der Waals surface area contributed by atoms with Crippen molar-refractivity contribution in [1.29, 1.82) is 0 Å². The average Bonchev–Trinajstić information content (AvgIpc) is 3.59. The number of amidine groups is 1. The van der Waals surface area contributed by atoms with E-state index in [9.17, 15) is 22.8 Å². The number of nitrogens with two attached hydrogens (primary N) is 1. The molecule has 224 valence electrons. The monoisotopic (exact) mass is 635 g/mol. The molecule has 0 spiro atoms. The number of aliphatic carboxylic acids is 1. The molecule has 0 bridgehead atoms. The maximum Gasteiger partial charge on any atom is 0.322 e. The van der Waals surface area contributed by atoms with Crippen LogP contribution in [0.5, 0.6) is 0 Å². The third kappa shape index (κ3) is 6.10. The molecule has 3 aromatic rings. The molecule has 4 heterocycles. The Hall–Kier alpha value is -3.64. The van der Waals surface area contributed by atoms with Crippen molar-refractivity contribution in [2.45, 2.75) is 29.6 Å². The fraction of sp³-hybridized carbons (Fsp3) is 0.400. The molecule has 1 aromatic carbocycles. The van der Waals surface area contributed by atoms with Gasteiger partial charge in [0.05, 0.1) is 11.7 Å². The van der Waals surface area contributed by atoms with Gasteiger partial charge in [0.15, 0.2) is 10.8 Å². The zero-order chi connectivity index (χ0) is 30.2. The van der Waals surface area contributed by atoms with Gasteiger partial charge in [-0.25, -0.2) is 13.4 Å². The quantitative estimate of drug-likeness (QED) is 0.117. The van der Waals surface area contributed by atoms with E-state index < -0.39 is 34.5 Å². The van der Waals surface area contributed by atoms with Gasteiger partial charge in [-0.1, -0.05) is 5.16 Å². The number of sulfonamides is 1. The van der Waals surface area contributed by atoms with Crippen LogP contribution in [0.1, 0.15) is 32.4 Å². The molecule has 2 aliphatic heterocycles. The summed E-state index contributed by atoms with van der Waals surface area (Å²) in [6.07, 6.45) is 0.438. The van der Waals surface area contributed by atoms with Gasteiger partial charge in [0, 0.05) is 60.7 Å². The van der Waals surface area contributed by atoms with Gasteiger partial charge >= 0.3 is 5.97 Å². The maximum atomic E-state index is 13.7. The highest BCUT2D eigenvalue weighted by atomic mass is 32.2. The van der Waals surface area contributed by atoms with Crippen LogP contribution >= 0.6 is 22.7 Å². The number of nitrogens with zero attached hydrogens (tertiary/aromatic N) is 5. The normalized spacial score (nSPS) is 18.6. The number of rotatable bonds is 8. The van der Waals surface area contributed by atoms with Crippen LogP contribution in [0.15, 0.2) is 33.6 Å². The Morgan fingerprint density at radius 3 is 2.71 bits per heavy atom. The van der Waals surface area contributed by atoms with Crippen LogP contribution in [-0.4, -0.2) is 107 Å². The number of carbonyl (C=O) groups is 3. The minimum Gasteiger partial charge on any atom is -0.480 e. The van der Waals surface area contributed by atoms with Gasteiger partial charge in [-0.05, 0) is 36.7 Å². The van der Waals surface area contributed by atoms with Crippen molar-refractivity contribution in [3.8, 4) is 0 Å². The van der Waals surface area contributed by atoms with Crippen molar-refractivity contribution in [2.24, 2.45) is 10.9 Å². The molecule has 5 N–H and O–H groups in total. The number of thiophene rings is 1. The molecular formula is C25H29N7O7S3. The second kappa shape index (κ2) is 11.9. The highest BCUT2D eigenvalue weighted by Crippen LogP contribution is 2.33. The number of carbonyl (C=O) groups excluding carboxylic acids is 2. The summed E-state index contributed by atoms with van der Waals surface area (Å²) in [6, 6.07) is 5.59. The van der Waals surface area contributed by atoms with E-state index in [2.05, 4.69) is 20.4 Å². The molecule has 0 saturated carbocycles. The standard InChI is InChI=1S/C25H29N7O7S3/c1-30-5-4-17-19(13-30)41-24(28-17)25(36)32-7-6-31(12-16(32)10-20(33)27-11-21(34)35)42(38,39)22-9-15-8-14(23(26)29-37)2-3-18(15)40-22/h2-3,8-9,16,37H,4-7,10-13H2,1H3,(H2,26,29)(H,27,33)(H,34,35). The second-order valence-electron chi connectivity index (χ2n) is 10.1. The van der Waals surface area contributed by atoms with E-state index in [1.807, 2.05) is 7.05 Å². The van der Waals surface area contributed by atoms with Crippen molar-refractivity contribution in [2.75, 3.05) is 39.8 Å². The highest BCUT2D eigenvalue weighted by molar-refractivity contribution is 7.91. The lowest BCUT2D eigenvalue weighted by Crippen LogP contribution is -2.57. The molecule has 2 amide bonds.